The number of benzene rings is 2. The van der Waals surface area contributed by atoms with Gasteiger partial charge >= 0.3 is 0 Å². The molecule has 0 aliphatic rings. The van der Waals surface area contributed by atoms with E-state index in [4.69, 9.17) is 5.73 Å². The molecule has 4 nitrogen and oxygen atoms in total. The summed E-state index contributed by atoms with van der Waals surface area (Å²) in [7, 11) is 0. The summed E-state index contributed by atoms with van der Waals surface area (Å²) in [6.45, 7) is 0.568. The molecule has 2 heterocycles. The van der Waals surface area contributed by atoms with Gasteiger partial charge in [-0.3, -0.25) is 0 Å². The minimum atomic E-state index is -0.234. The van der Waals surface area contributed by atoms with Gasteiger partial charge in [-0.2, -0.15) is 0 Å². The molecule has 0 spiro atoms. The molecule has 2 aromatic heterocycles. The third kappa shape index (κ3) is 3.56. The van der Waals surface area contributed by atoms with Crippen molar-refractivity contribution in [3.05, 3.63) is 78.4 Å². The van der Waals surface area contributed by atoms with Gasteiger partial charge in [0.05, 0.1) is 10.6 Å². The van der Waals surface area contributed by atoms with Crippen molar-refractivity contribution in [1.29, 1.82) is 0 Å². The number of fused-ring (bicyclic) bond motifs is 1. The van der Waals surface area contributed by atoms with Gasteiger partial charge in [-0.05, 0) is 35.2 Å². The summed E-state index contributed by atoms with van der Waals surface area (Å²) in [5.41, 5.74) is 8.09. The Morgan fingerprint density at radius 3 is 2.73 bits per heavy atom. The fraction of sp³-hybridized carbons (Fsp3) is 0.100. The summed E-state index contributed by atoms with van der Waals surface area (Å²) in [6.07, 6.45) is 1.52. The lowest BCUT2D eigenvalue weighted by atomic mass is 10.1. The van der Waals surface area contributed by atoms with Gasteiger partial charge in [0.15, 0.2) is 0 Å². The minimum Gasteiger partial charge on any atom is -0.368 e. The molecule has 6 heteroatoms. The number of anilines is 1. The van der Waals surface area contributed by atoms with Crippen LogP contribution in [0.5, 0.6) is 0 Å². The molecule has 1 atom stereocenters. The van der Waals surface area contributed by atoms with Crippen molar-refractivity contribution in [2.24, 2.45) is 5.73 Å². The molecular weight excluding hydrogens is 347 g/mol. The monoisotopic (exact) mass is 364 g/mol. The average Bonchev–Trinajstić information content (AvgIpc) is 3.10. The molecule has 3 N–H and O–H groups in total. The summed E-state index contributed by atoms with van der Waals surface area (Å²) >= 11 is 1.58. The van der Waals surface area contributed by atoms with E-state index in [1.807, 2.05) is 42.5 Å². The Hall–Kier alpha value is -2.83. The highest BCUT2D eigenvalue weighted by atomic mass is 32.1. The number of hydrogen-bond acceptors (Lipinski definition) is 5. The predicted molar refractivity (Wildman–Crippen MR) is 105 cm³/mol. The first kappa shape index (κ1) is 16.6. The average molecular weight is 364 g/mol. The van der Waals surface area contributed by atoms with Crippen LogP contribution in [-0.4, -0.2) is 16.5 Å². The van der Waals surface area contributed by atoms with Gasteiger partial charge < -0.3 is 11.1 Å². The SMILES string of the molecule is N[C@@H](CNc1cc(-c2cc3cc(F)ccc3s2)ncn1)c1ccccc1. The van der Waals surface area contributed by atoms with Gasteiger partial charge in [0.1, 0.15) is 18.0 Å². The minimum absolute atomic E-state index is 0.123. The Balaban J connectivity index is 1.52. The lowest BCUT2D eigenvalue weighted by molar-refractivity contribution is 0.630. The molecule has 0 amide bonds. The second kappa shape index (κ2) is 7.19. The van der Waals surface area contributed by atoms with E-state index in [0.717, 1.165) is 26.2 Å². The molecule has 0 bridgehead atoms. The lowest BCUT2D eigenvalue weighted by Gasteiger charge is -2.13. The van der Waals surface area contributed by atoms with E-state index in [9.17, 15) is 4.39 Å². The summed E-state index contributed by atoms with van der Waals surface area (Å²) in [4.78, 5) is 9.59. The van der Waals surface area contributed by atoms with Crippen LogP contribution in [-0.2, 0) is 0 Å². The first-order chi connectivity index (χ1) is 12.7. The topological polar surface area (TPSA) is 63.8 Å². The highest BCUT2D eigenvalue weighted by Gasteiger charge is 2.09. The highest BCUT2D eigenvalue weighted by Crippen LogP contribution is 2.33. The molecular formula is C20H17FN4S. The second-order valence-corrected chi connectivity index (χ2v) is 7.06. The zero-order valence-corrected chi connectivity index (χ0v) is 14.7. The number of nitrogens with one attached hydrogen (secondary N) is 1. The standard InChI is InChI=1S/C20H17FN4S/c21-15-6-7-18-14(8-15)9-19(26-18)17-10-20(25-12-24-17)23-11-16(22)13-4-2-1-3-5-13/h1-10,12,16H,11,22H2,(H,23,24,25)/t16-/m0/s1. The van der Waals surface area contributed by atoms with Crippen LogP contribution in [0.3, 0.4) is 0 Å². The van der Waals surface area contributed by atoms with Crippen molar-refractivity contribution in [3.63, 3.8) is 0 Å². The molecule has 0 fully saturated rings. The maximum atomic E-state index is 13.4. The van der Waals surface area contributed by atoms with Crippen LogP contribution in [0.15, 0.2) is 67.0 Å². The Bertz CT molecular complexity index is 1030. The fourth-order valence-electron chi connectivity index (χ4n) is 2.76. The van der Waals surface area contributed by atoms with Crippen molar-refractivity contribution in [2.75, 3.05) is 11.9 Å². The third-order valence-electron chi connectivity index (χ3n) is 4.13. The summed E-state index contributed by atoms with van der Waals surface area (Å²) in [6, 6.07) is 18.4. The van der Waals surface area contributed by atoms with Crippen LogP contribution in [0.4, 0.5) is 10.2 Å². The maximum Gasteiger partial charge on any atom is 0.130 e. The fourth-order valence-corrected chi connectivity index (χ4v) is 3.77. The zero-order valence-electron chi connectivity index (χ0n) is 13.9. The lowest BCUT2D eigenvalue weighted by Crippen LogP contribution is -2.20. The molecule has 4 aromatic rings. The number of aromatic nitrogens is 2. The van der Waals surface area contributed by atoms with Crippen molar-refractivity contribution in [2.45, 2.75) is 6.04 Å². The van der Waals surface area contributed by atoms with Crippen LogP contribution in [0.1, 0.15) is 11.6 Å². The van der Waals surface area contributed by atoms with Gasteiger partial charge in [0.25, 0.3) is 0 Å². The van der Waals surface area contributed by atoms with E-state index < -0.39 is 0 Å². The van der Waals surface area contributed by atoms with Crippen molar-refractivity contribution >= 4 is 27.2 Å². The van der Waals surface area contributed by atoms with Gasteiger partial charge in [-0.25, -0.2) is 14.4 Å². The molecule has 0 saturated carbocycles. The van der Waals surface area contributed by atoms with Gasteiger partial charge in [0.2, 0.25) is 0 Å². The molecule has 0 radical (unpaired) electrons. The van der Waals surface area contributed by atoms with E-state index >= 15 is 0 Å². The number of rotatable bonds is 5. The quantitative estimate of drug-likeness (QED) is 0.543. The van der Waals surface area contributed by atoms with E-state index in [2.05, 4.69) is 15.3 Å². The van der Waals surface area contributed by atoms with Crippen LogP contribution >= 0.6 is 11.3 Å². The molecule has 0 unspecified atom stereocenters. The molecule has 0 aliphatic carbocycles. The second-order valence-electron chi connectivity index (χ2n) is 5.98. The third-order valence-corrected chi connectivity index (χ3v) is 5.27. The van der Waals surface area contributed by atoms with Crippen LogP contribution in [0.2, 0.25) is 0 Å². The molecule has 2 aromatic carbocycles. The first-order valence-corrected chi connectivity index (χ1v) is 9.06. The number of nitrogens with zero attached hydrogens (tertiary/aromatic N) is 2. The largest absolute Gasteiger partial charge is 0.368 e. The Morgan fingerprint density at radius 1 is 1.04 bits per heavy atom. The van der Waals surface area contributed by atoms with Gasteiger partial charge in [-0.15, -0.1) is 11.3 Å². The Labute approximate surface area is 154 Å². The Morgan fingerprint density at radius 2 is 1.88 bits per heavy atom. The van der Waals surface area contributed by atoms with Crippen LogP contribution in [0.25, 0.3) is 20.7 Å². The summed E-state index contributed by atoms with van der Waals surface area (Å²) < 4.78 is 14.4. The van der Waals surface area contributed by atoms with Crippen molar-refractivity contribution in [3.8, 4) is 10.6 Å². The number of hydrogen-bond donors (Lipinski definition) is 2. The Kier molecular flexibility index (Phi) is 4.60. The molecule has 4 rings (SSSR count). The summed E-state index contributed by atoms with van der Waals surface area (Å²) in [5.74, 6) is 0.479. The maximum absolute atomic E-state index is 13.4. The van der Waals surface area contributed by atoms with Gasteiger partial charge in [0, 0.05) is 23.4 Å². The number of nitrogens with two attached hydrogens (primary N) is 1. The molecule has 0 aliphatic heterocycles. The molecule has 26 heavy (non-hydrogen) atoms. The van der Waals surface area contributed by atoms with E-state index in [1.54, 1.807) is 17.4 Å². The zero-order chi connectivity index (χ0) is 17.9. The highest BCUT2D eigenvalue weighted by molar-refractivity contribution is 7.22. The smallest absolute Gasteiger partial charge is 0.130 e. The van der Waals surface area contributed by atoms with Crippen LogP contribution in [0, 0.1) is 5.82 Å². The predicted octanol–water partition coefficient (Wildman–Crippen LogP) is 4.61. The van der Waals surface area contributed by atoms with E-state index in [-0.39, 0.29) is 11.9 Å². The molecule has 130 valence electrons. The van der Waals surface area contributed by atoms with E-state index in [0.29, 0.717) is 12.4 Å². The normalized spacial score (nSPS) is 12.2. The molecule has 0 saturated heterocycles. The van der Waals surface area contributed by atoms with Crippen molar-refractivity contribution in [1.82, 2.24) is 9.97 Å². The van der Waals surface area contributed by atoms with Crippen molar-refractivity contribution < 1.29 is 4.39 Å². The van der Waals surface area contributed by atoms with Crippen LogP contribution < -0.4 is 11.1 Å². The van der Waals surface area contributed by atoms with E-state index in [1.165, 1.54) is 18.5 Å². The number of thiophene rings is 1. The summed E-state index contributed by atoms with van der Waals surface area (Å²) in [5, 5.41) is 4.14. The number of halogens is 1. The van der Waals surface area contributed by atoms with Gasteiger partial charge in [-0.1, -0.05) is 30.3 Å². The first-order valence-electron chi connectivity index (χ1n) is 8.25.